The maximum absolute atomic E-state index is 13.0. The average molecular weight is 383 g/mol. The number of hydrogen-bond donors (Lipinski definition) is 1. The van der Waals surface area contributed by atoms with Gasteiger partial charge in [0.15, 0.2) is 0 Å². The van der Waals surface area contributed by atoms with Gasteiger partial charge in [0.1, 0.15) is 5.54 Å². The third-order valence-electron chi connectivity index (χ3n) is 5.45. The van der Waals surface area contributed by atoms with Crippen LogP contribution in [0.4, 0.5) is 0 Å². The van der Waals surface area contributed by atoms with Crippen molar-refractivity contribution in [1.82, 2.24) is 0 Å². The summed E-state index contributed by atoms with van der Waals surface area (Å²) in [5, 5.41) is 4.52. The molecule has 0 saturated heterocycles. The Kier molecular flexibility index (Phi) is 5.32. The minimum absolute atomic E-state index is 0.308. The fraction of sp³-hybridized carbons (Fsp3) is 0.192. The topological polar surface area (TPSA) is 52.3 Å². The quantitative estimate of drug-likeness (QED) is 0.475. The molecule has 0 fully saturated rings. The molecule has 0 aliphatic heterocycles. The van der Waals surface area contributed by atoms with Crippen molar-refractivity contribution in [3.8, 4) is 0 Å². The fourth-order valence-electron chi connectivity index (χ4n) is 4.05. The van der Waals surface area contributed by atoms with E-state index in [0.29, 0.717) is 19.4 Å². The Hall–Kier alpha value is -3.17. The van der Waals surface area contributed by atoms with E-state index in [2.05, 4.69) is 36.4 Å². The molecule has 0 spiro atoms. The molecule has 4 aromatic carbocycles. The molecule has 0 aliphatic carbocycles. The third kappa shape index (κ3) is 3.87. The molecule has 0 aliphatic rings. The van der Waals surface area contributed by atoms with Gasteiger partial charge in [-0.1, -0.05) is 84.9 Å². The SMILES string of the molecule is CCOC(=O)C(N)(Cc1cccc2ccccc12)Cc1cccc2ccccc12. The van der Waals surface area contributed by atoms with E-state index in [9.17, 15) is 4.79 Å². The summed E-state index contributed by atoms with van der Waals surface area (Å²) in [6.07, 6.45) is 0.826. The van der Waals surface area contributed by atoms with Gasteiger partial charge in [0, 0.05) is 12.8 Å². The molecule has 4 rings (SSSR count). The molecule has 0 amide bonds. The lowest BCUT2D eigenvalue weighted by Gasteiger charge is -2.28. The Morgan fingerprint density at radius 1 is 0.759 bits per heavy atom. The van der Waals surface area contributed by atoms with Crippen LogP contribution in [0.15, 0.2) is 84.9 Å². The summed E-state index contributed by atoms with van der Waals surface area (Å²) in [4.78, 5) is 13.0. The molecule has 0 aromatic heterocycles. The van der Waals surface area contributed by atoms with Gasteiger partial charge in [-0.2, -0.15) is 0 Å². The Balaban J connectivity index is 1.77. The van der Waals surface area contributed by atoms with Gasteiger partial charge < -0.3 is 10.5 Å². The van der Waals surface area contributed by atoms with Crippen LogP contribution in [-0.4, -0.2) is 18.1 Å². The molecular weight excluding hydrogens is 358 g/mol. The Labute approximate surface area is 171 Å². The standard InChI is InChI=1S/C26H25NO2/c1-2-29-25(28)26(27,17-21-13-7-11-19-9-3-5-15-23(19)21)18-22-14-8-12-20-10-4-6-16-24(20)22/h3-16H,2,17-18,27H2,1H3. The molecule has 0 unspecified atom stereocenters. The summed E-state index contributed by atoms with van der Waals surface area (Å²) >= 11 is 0. The molecule has 29 heavy (non-hydrogen) atoms. The van der Waals surface area contributed by atoms with Crippen molar-refractivity contribution in [1.29, 1.82) is 0 Å². The highest BCUT2D eigenvalue weighted by atomic mass is 16.5. The van der Waals surface area contributed by atoms with Gasteiger partial charge in [-0.05, 0) is 39.6 Å². The summed E-state index contributed by atoms with van der Waals surface area (Å²) in [5.74, 6) is -0.360. The lowest BCUT2D eigenvalue weighted by molar-refractivity contribution is -0.149. The van der Waals surface area contributed by atoms with Gasteiger partial charge in [-0.15, -0.1) is 0 Å². The Morgan fingerprint density at radius 2 is 1.21 bits per heavy atom. The number of benzene rings is 4. The van der Waals surface area contributed by atoms with Crippen molar-refractivity contribution in [3.63, 3.8) is 0 Å². The zero-order valence-electron chi connectivity index (χ0n) is 16.6. The summed E-state index contributed by atoms with van der Waals surface area (Å²) in [6.45, 7) is 2.12. The van der Waals surface area contributed by atoms with Crippen molar-refractivity contribution in [2.45, 2.75) is 25.3 Å². The van der Waals surface area contributed by atoms with E-state index in [-0.39, 0.29) is 5.97 Å². The predicted molar refractivity (Wildman–Crippen MR) is 119 cm³/mol. The number of fused-ring (bicyclic) bond motifs is 2. The summed E-state index contributed by atoms with van der Waals surface area (Å²) in [6, 6.07) is 28.6. The van der Waals surface area contributed by atoms with Crippen molar-refractivity contribution >= 4 is 27.5 Å². The van der Waals surface area contributed by atoms with Crippen LogP contribution in [0.5, 0.6) is 0 Å². The molecular formula is C26H25NO2. The minimum atomic E-state index is -1.15. The van der Waals surface area contributed by atoms with Crippen LogP contribution < -0.4 is 5.73 Å². The molecule has 0 bridgehead atoms. The molecule has 146 valence electrons. The maximum atomic E-state index is 13.0. The first kappa shape index (κ1) is 19.2. The van der Waals surface area contributed by atoms with Gasteiger partial charge >= 0.3 is 5.97 Å². The highest BCUT2D eigenvalue weighted by Crippen LogP contribution is 2.28. The van der Waals surface area contributed by atoms with E-state index in [1.165, 1.54) is 0 Å². The molecule has 0 heterocycles. The third-order valence-corrected chi connectivity index (χ3v) is 5.45. The molecule has 3 nitrogen and oxygen atoms in total. The average Bonchev–Trinajstić information content (AvgIpc) is 2.74. The zero-order valence-corrected chi connectivity index (χ0v) is 16.6. The van der Waals surface area contributed by atoms with E-state index in [1.54, 1.807) is 0 Å². The van der Waals surface area contributed by atoms with Crippen LogP contribution >= 0.6 is 0 Å². The second-order valence-corrected chi connectivity index (χ2v) is 7.51. The summed E-state index contributed by atoms with van der Waals surface area (Å²) in [7, 11) is 0. The van der Waals surface area contributed by atoms with E-state index >= 15 is 0 Å². The first-order chi connectivity index (χ1) is 14.1. The molecule has 0 radical (unpaired) electrons. The molecule has 0 atom stereocenters. The predicted octanol–water partition coefficient (Wildman–Crippen LogP) is 5.04. The minimum Gasteiger partial charge on any atom is -0.465 e. The second-order valence-electron chi connectivity index (χ2n) is 7.51. The van der Waals surface area contributed by atoms with Crippen molar-refractivity contribution < 1.29 is 9.53 Å². The first-order valence-electron chi connectivity index (χ1n) is 10.00. The molecule has 4 aromatic rings. The van der Waals surface area contributed by atoms with Gasteiger partial charge in [0.05, 0.1) is 6.61 Å². The molecule has 2 N–H and O–H groups in total. The lowest BCUT2D eigenvalue weighted by atomic mass is 9.83. The number of rotatable bonds is 6. The van der Waals surface area contributed by atoms with Crippen LogP contribution in [0, 0.1) is 0 Å². The van der Waals surface area contributed by atoms with Gasteiger partial charge in [-0.25, -0.2) is 0 Å². The number of ether oxygens (including phenoxy) is 1. The Bertz CT molecular complexity index is 1070. The number of carbonyl (C=O) groups is 1. The highest BCUT2D eigenvalue weighted by Gasteiger charge is 2.37. The van der Waals surface area contributed by atoms with Crippen LogP contribution in [-0.2, 0) is 22.4 Å². The van der Waals surface area contributed by atoms with E-state index < -0.39 is 5.54 Å². The van der Waals surface area contributed by atoms with Gasteiger partial charge in [-0.3, -0.25) is 4.79 Å². The van der Waals surface area contributed by atoms with Crippen LogP contribution in [0.2, 0.25) is 0 Å². The first-order valence-corrected chi connectivity index (χ1v) is 10.00. The van der Waals surface area contributed by atoms with E-state index in [1.807, 2.05) is 55.5 Å². The molecule has 0 saturated carbocycles. The molecule has 3 heteroatoms. The monoisotopic (exact) mass is 383 g/mol. The van der Waals surface area contributed by atoms with E-state index in [4.69, 9.17) is 10.5 Å². The van der Waals surface area contributed by atoms with Gasteiger partial charge in [0.2, 0.25) is 0 Å². The number of nitrogens with two attached hydrogens (primary N) is 1. The fourth-order valence-corrected chi connectivity index (χ4v) is 4.05. The van der Waals surface area contributed by atoms with Gasteiger partial charge in [0.25, 0.3) is 0 Å². The summed E-state index contributed by atoms with van der Waals surface area (Å²) < 4.78 is 5.41. The van der Waals surface area contributed by atoms with Crippen LogP contribution in [0.3, 0.4) is 0 Å². The lowest BCUT2D eigenvalue weighted by Crippen LogP contribution is -2.53. The van der Waals surface area contributed by atoms with Crippen LogP contribution in [0.25, 0.3) is 21.5 Å². The Morgan fingerprint density at radius 3 is 1.69 bits per heavy atom. The number of hydrogen-bond acceptors (Lipinski definition) is 3. The number of carbonyl (C=O) groups excluding carboxylic acids is 1. The van der Waals surface area contributed by atoms with Crippen molar-refractivity contribution in [2.75, 3.05) is 6.61 Å². The zero-order chi connectivity index (χ0) is 20.3. The normalized spacial score (nSPS) is 11.7. The second kappa shape index (κ2) is 8.06. The largest absolute Gasteiger partial charge is 0.465 e. The van der Waals surface area contributed by atoms with Crippen molar-refractivity contribution in [3.05, 3.63) is 96.1 Å². The summed E-state index contributed by atoms with van der Waals surface area (Å²) in [5.41, 5.74) is 7.76. The van der Waals surface area contributed by atoms with Crippen LogP contribution in [0.1, 0.15) is 18.1 Å². The highest BCUT2D eigenvalue weighted by molar-refractivity contribution is 5.90. The smallest absolute Gasteiger partial charge is 0.326 e. The maximum Gasteiger partial charge on any atom is 0.326 e. The number of esters is 1. The van der Waals surface area contributed by atoms with E-state index in [0.717, 1.165) is 32.7 Å². The van der Waals surface area contributed by atoms with Crippen molar-refractivity contribution in [2.24, 2.45) is 5.73 Å².